The van der Waals surface area contributed by atoms with Crippen molar-refractivity contribution in [2.75, 3.05) is 18.4 Å². The highest BCUT2D eigenvalue weighted by Gasteiger charge is 2.22. The lowest BCUT2D eigenvalue weighted by molar-refractivity contribution is 0.0777. The molecule has 3 rings (SSSR count). The van der Waals surface area contributed by atoms with Crippen molar-refractivity contribution in [2.24, 2.45) is 0 Å². The Balaban J connectivity index is 1.96. The van der Waals surface area contributed by atoms with Crippen molar-refractivity contribution >= 4 is 44.6 Å². The van der Waals surface area contributed by atoms with E-state index in [1.807, 2.05) is 31.7 Å². The van der Waals surface area contributed by atoms with Gasteiger partial charge < -0.3 is 10.2 Å². The van der Waals surface area contributed by atoms with E-state index in [0.717, 1.165) is 33.0 Å². The molecule has 5 nitrogen and oxygen atoms in total. The SMILES string of the molecule is CCN(CC)C(=O)c1sc2ncnc(NCc3cccs3)c2c1C. The number of amides is 1. The number of anilines is 1. The number of fused-ring (bicyclic) bond motifs is 1. The predicted octanol–water partition coefficient (Wildman–Crippen LogP) is 4.16. The first-order chi connectivity index (χ1) is 11.7. The maximum absolute atomic E-state index is 12.7. The molecule has 3 aromatic heterocycles. The van der Waals surface area contributed by atoms with Crippen LogP contribution in [-0.2, 0) is 6.54 Å². The molecular formula is C17H20N4OS2. The predicted molar refractivity (Wildman–Crippen MR) is 101 cm³/mol. The van der Waals surface area contributed by atoms with Crippen LogP contribution in [-0.4, -0.2) is 33.9 Å². The number of aromatic nitrogens is 2. The van der Waals surface area contributed by atoms with E-state index in [1.165, 1.54) is 16.2 Å². The molecule has 0 unspecified atom stereocenters. The Hall–Kier alpha value is -1.99. The van der Waals surface area contributed by atoms with Crippen molar-refractivity contribution < 1.29 is 4.79 Å². The summed E-state index contributed by atoms with van der Waals surface area (Å²) in [4.78, 5) is 26.2. The summed E-state index contributed by atoms with van der Waals surface area (Å²) in [5.74, 6) is 0.866. The van der Waals surface area contributed by atoms with Gasteiger partial charge in [-0.1, -0.05) is 6.07 Å². The van der Waals surface area contributed by atoms with E-state index in [2.05, 4.69) is 26.7 Å². The van der Waals surface area contributed by atoms with Crippen LogP contribution in [0.1, 0.15) is 34.0 Å². The summed E-state index contributed by atoms with van der Waals surface area (Å²) in [5, 5.41) is 6.39. The molecule has 1 amide bonds. The van der Waals surface area contributed by atoms with E-state index < -0.39 is 0 Å². The van der Waals surface area contributed by atoms with Crippen LogP contribution in [0.25, 0.3) is 10.2 Å². The largest absolute Gasteiger partial charge is 0.365 e. The first-order valence-corrected chi connectivity index (χ1v) is 9.64. The standard InChI is InChI=1S/C17H20N4OS2/c1-4-21(5-2)17(22)14-11(3)13-15(19-10-20-16(13)24-14)18-9-12-7-6-8-23-12/h6-8,10H,4-5,9H2,1-3H3,(H,18,19,20). The number of thiophene rings is 2. The lowest BCUT2D eigenvalue weighted by Gasteiger charge is -2.17. The summed E-state index contributed by atoms with van der Waals surface area (Å²) in [6.45, 7) is 8.11. The molecule has 0 aliphatic carbocycles. The number of hydrogen-bond donors (Lipinski definition) is 1. The van der Waals surface area contributed by atoms with Crippen molar-refractivity contribution in [3.05, 3.63) is 39.2 Å². The van der Waals surface area contributed by atoms with Gasteiger partial charge in [0.25, 0.3) is 5.91 Å². The monoisotopic (exact) mass is 360 g/mol. The molecule has 0 aliphatic heterocycles. The zero-order valence-electron chi connectivity index (χ0n) is 14.0. The number of nitrogens with zero attached hydrogens (tertiary/aromatic N) is 3. The van der Waals surface area contributed by atoms with Crippen LogP contribution in [0, 0.1) is 6.92 Å². The quantitative estimate of drug-likeness (QED) is 0.717. The highest BCUT2D eigenvalue weighted by molar-refractivity contribution is 7.20. The van der Waals surface area contributed by atoms with E-state index >= 15 is 0 Å². The van der Waals surface area contributed by atoms with Crippen molar-refractivity contribution in [1.29, 1.82) is 0 Å². The Morgan fingerprint density at radius 1 is 1.29 bits per heavy atom. The second kappa shape index (κ2) is 7.27. The van der Waals surface area contributed by atoms with Gasteiger partial charge >= 0.3 is 0 Å². The van der Waals surface area contributed by atoms with Crippen LogP contribution in [0.4, 0.5) is 5.82 Å². The molecule has 0 saturated carbocycles. The van der Waals surface area contributed by atoms with Gasteiger partial charge in [0.2, 0.25) is 0 Å². The summed E-state index contributed by atoms with van der Waals surface area (Å²) >= 11 is 3.16. The molecule has 0 bridgehead atoms. The molecule has 1 N–H and O–H groups in total. The van der Waals surface area contributed by atoms with Crippen molar-refractivity contribution in [3.8, 4) is 0 Å². The molecule has 3 heterocycles. The zero-order valence-corrected chi connectivity index (χ0v) is 15.6. The van der Waals surface area contributed by atoms with E-state index in [1.54, 1.807) is 17.7 Å². The molecule has 0 atom stereocenters. The Morgan fingerprint density at radius 2 is 2.08 bits per heavy atom. The summed E-state index contributed by atoms with van der Waals surface area (Å²) < 4.78 is 0. The first-order valence-electron chi connectivity index (χ1n) is 7.95. The fourth-order valence-corrected chi connectivity index (χ4v) is 4.41. The first kappa shape index (κ1) is 16.9. The highest BCUT2D eigenvalue weighted by Crippen LogP contribution is 2.34. The lowest BCUT2D eigenvalue weighted by Crippen LogP contribution is -2.30. The van der Waals surface area contributed by atoms with E-state index in [0.29, 0.717) is 13.1 Å². The molecule has 0 aromatic carbocycles. The normalized spacial score (nSPS) is 11.0. The third kappa shape index (κ3) is 3.14. The minimum absolute atomic E-state index is 0.0738. The van der Waals surface area contributed by atoms with Crippen LogP contribution in [0.3, 0.4) is 0 Å². The number of carbonyl (C=O) groups excluding carboxylic acids is 1. The average molecular weight is 361 g/mol. The third-order valence-corrected chi connectivity index (χ3v) is 6.05. The molecule has 24 heavy (non-hydrogen) atoms. The van der Waals surface area contributed by atoms with Gasteiger partial charge in [-0.15, -0.1) is 22.7 Å². The maximum atomic E-state index is 12.7. The molecule has 126 valence electrons. The van der Waals surface area contributed by atoms with Gasteiger partial charge in [0.15, 0.2) is 0 Å². The summed E-state index contributed by atoms with van der Waals surface area (Å²) in [5.41, 5.74) is 0.959. The highest BCUT2D eigenvalue weighted by atomic mass is 32.1. The summed E-state index contributed by atoms with van der Waals surface area (Å²) in [7, 11) is 0. The van der Waals surface area contributed by atoms with Crippen LogP contribution in [0.15, 0.2) is 23.8 Å². The fraction of sp³-hybridized carbons (Fsp3) is 0.353. The molecule has 0 radical (unpaired) electrons. The zero-order chi connectivity index (χ0) is 17.1. The van der Waals surface area contributed by atoms with Crippen LogP contribution < -0.4 is 5.32 Å². The lowest BCUT2D eigenvalue weighted by atomic mass is 10.2. The second-order valence-corrected chi connectivity index (χ2v) is 7.40. The van der Waals surface area contributed by atoms with Gasteiger partial charge in [-0.2, -0.15) is 0 Å². The van der Waals surface area contributed by atoms with E-state index in [4.69, 9.17) is 0 Å². The molecule has 0 saturated heterocycles. The van der Waals surface area contributed by atoms with Crippen LogP contribution >= 0.6 is 22.7 Å². The molecule has 0 fully saturated rings. The van der Waals surface area contributed by atoms with Gasteiger partial charge in [0.05, 0.1) is 16.8 Å². The van der Waals surface area contributed by atoms with Crippen molar-refractivity contribution in [2.45, 2.75) is 27.3 Å². The molecule has 7 heteroatoms. The smallest absolute Gasteiger partial charge is 0.264 e. The van der Waals surface area contributed by atoms with Gasteiger partial charge in [-0.3, -0.25) is 4.79 Å². The summed E-state index contributed by atoms with van der Waals surface area (Å²) in [6.07, 6.45) is 1.56. The minimum Gasteiger partial charge on any atom is -0.365 e. The molecular weight excluding hydrogens is 340 g/mol. The number of carbonyl (C=O) groups is 1. The number of nitrogens with one attached hydrogen (secondary N) is 1. The number of rotatable bonds is 6. The van der Waals surface area contributed by atoms with Crippen LogP contribution in [0.2, 0.25) is 0 Å². The second-order valence-electron chi connectivity index (χ2n) is 5.37. The van der Waals surface area contributed by atoms with Gasteiger partial charge in [0.1, 0.15) is 17.0 Å². The topological polar surface area (TPSA) is 58.1 Å². The molecule has 3 aromatic rings. The van der Waals surface area contributed by atoms with Gasteiger partial charge in [0, 0.05) is 18.0 Å². The molecule has 0 aliphatic rings. The third-order valence-electron chi connectivity index (χ3n) is 3.98. The Bertz CT molecular complexity index is 838. The van der Waals surface area contributed by atoms with E-state index in [9.17, 15) is 4.79 Å². The Kier molecular flexibility index (Phi) is 5.11. The van der Waals surface area contributed by atoms with Crippen LogP contribution in [0.5, 0.6) is 0 Å². The molecule has 0 spiro atoms. The van der Waals surface area contributed by atoms with Crippen molar-refractivity contribution in [3.63, 3.8) is 0 Å². The van der Waals surface area contributed by atoms with E-state index in [-0.39, 0.29) is 5.91 Å². The Labute approximate surface area is 149 Å². The minimum atomic E-state index is 0.0738. The van der Waals surface area contributed by atoms with Gasteiger partial charge in [-0.05, 0) is 37.8 Å². The Morgan fingerprint density at radius 3 is 2.75 bits per heavy atom. The number of hydrogen-bond acceptors (Lipinski definition) is 6. The van der Waals surface area contributed by atoms with Gasteiger partial charge in [-0.25, -0.2) is 9.97 Å². The van der Waals surface area contributed by atoms with Crippen molar-refractivity contribution in [1.82, 2.24) is 14.9 Å². The number of aryl methyl sites for hydroxylation is 1. The average Bonchev–Trinajstić information content (AvgIpc) is 3.22. The summed E-state index contributed by atoms with van der Waals surface area (Å²) in [6, 6.07) is 4.12. The maximum Gasteiger partial charge on any atom is 0.264 e. The fourth-order valence-electron chi connectivity index (χ4n) is 2.65.